The number of unbranched alkanes of at least 4 members (excludes halogenated alkanes) is 1. The molecule has 6 heteroatoms. The Balaban J connectivity index is 1.89. The summed E-state index contributed by atoms with van der Waals surface area (Å²) in [6.07, 6.45) is 2.23. The Morgan fingerprint density at radius 1 is 1.17 bits per heavy atom. The minimum atomic E-state index is -0.235. The van der Waals surface area contributed by atoms with Crippen molar-refractivity contribution in [2.45, 2.75) is 26.3 Å². The highest BCUT2D eigenvalue weighted by Crippen LogP contribution is 2.11. The molecule has 1 aromatic heterocycles. The number of nitrogens with one attached hydrogen (secondary N) is 1. The molecule has 1 aromatic carbocycles. The molecule has 2 aromatic rings. The molecule has 0 radical (unpaired) electrons. The van der Waals surface area contributed by atoms with Crippen LogP contribution in [-0.2, 0) is 6.54 Å². The zero-order chi connectivity index (χ0) is 17.4. The number of anilines is 1. The highest BCUT2D eigenvalue weighted by Gasteiger charge is 2.09. The molecule has 0 aliphatic rings. The summed E-state index contributed by atoms with van der Waals surface area (Å²) in [6.45, 7) is 3.51. The molecule has 0 saturated heterocycles. The van der Waals surface area contributed by atoms with Crippen molar-refractivity contribution in [3.8, 4) is 5.75 Å². The first-order valence-electron chi connectivity index (χ1n) is 8.10. The Hall–Kier alpha value is -2.63. The molecule has 2 rings (SSSR count). The number of nitrogens with zero attached hydrogens (tertiary/aromatic N) is 3. The van der Waals surface area contributed by atoms with Crippen LogP contribution in [0.25, 0.3) is 0 Å². The first-order chi connectivity index (χ1) is 11.6. The Morgan fingerprint density at radius 3 is 2.50 bits per heavy atom. The Bertz CT molecular complexity index is 641. The third-order valence-electron chi connectivity index (χ3n) is 3.73. The highest BCUT2D eigenvalue weighted by atomic mass is 16.5. The molecule has 0 atom stereocenters. The van der Waals surface area contributed by atoms with E-state index in [2.05, 4.69) is 22.4 Å². The number of carbonyl (C=O) groups excluding carboxylic acids is 1. The van der Waals surface area contributed by atoms with Crippen molar-refractivity contribution >= 4 is 11.7 Å². The van der Waals surface area contributed by atoms with Crippen LogP contribution in [0.4, 0.5) is 5.82 Å². The van der Waals surface area contributed by atoms with Gasteiger partial charge in [-0.15, -0.1) is 10.2 Å². The van der Waals surface area contributed by atoms with Crippen LogP contribution in [0.15, 0.2) is 36.4 Å². The molecule has 0 spiro atoms. The van der Waals surface area contributed by atoms with E-state index in [-0.39, 0.29) is 5.91 Å². The zero-order valence-electron chi connectivity index (χ0n) is 14.5. The van der Waals surface area contributed by atoms with Gasteiger partial charge in [0.1, 0.15) is 5.75 Å². The van der Waals surface area contributed by atoms with Crippen LogP contribution in [0, 0.1) is 0 Å². The van der Waals surface area contributed by atoms with E-state index in [1.165, 1.54) is 0 Å². The summed E-state index contributed by atoms with van der Waals surface area (Å²) in [5.74, 6) is 1.33. The van der Waals surface area contributed by atoms with Crippen LogP contribution in [0.1, 0.15) is 35.8 Å². The number of hydrogen-bond acceptors (Lipinski definition) is 5. The second kappa shape index (κ2) is 8.86. The molecular weight excluding hydrogens is 304 g/mol. The first-order valence-corrected chi connectivity index (χ1v) is 8.10. The molecule has 0 bridgehead atoms. The largest absolute Gasteiger partial charge is 0.497 e. The van der Waals surface area contributed by atoms with E-state index in [1.54, 1.807) is 13.2 Å². The third kappa shape index (κ3) is 4.94. The number of hydrogen-bond donors (Lipinski definition) is 1. The summed E-state index contributed by atoms with van der Waals surface area (Å²) in [7, 11) is 3.60. The van der Waals surface area contributed by atoms with Crippen molar-refractivity contribution in [3.63, 3.8) is 0 Å². The monoisotopic (exact) mass is 328 g/mol. The molecule has 0 fully saturated rings. The number of rotatable bonds is 8. The number of amides is 1. The van der Waals surface area contributed by atoms with E-state index < -0.39 is 0 Å². The van der Waals surface area contributed by atoms with Crippen LogP contribution in [0.3, 0.4) is 0 Å². The number of aromatic nitrogens is 2. The average molecular weight is 328 g/mol. The second-order valence-electron chi connectivity index (χ2n) is 5.58. The van der Waals surface area contributed by atoms with E-state index in [9.17, 15) is 4.79 Å². The fourth-order valence-corrected chi connectivity index (χ4v) is 2.18. The van der Waals surface area contributed by atoms with Crippen molar-refractivity contribution in [3.05, 3.63) is 47.7 Å². The summed E-state index contributed by atoms with van der Waals surface area (Å²) in [4.78, 5) is 14.2. The maximum Gasteiger partial charge on any atom is 0.272 e. The van der Waals surface area contributed by atoms with E-state index in [1.807, 2.05) is 42.3 Å². The van der Waals surface area contributed by atoms with Gasteiger partial charge in [-0.2, -0.15) is 0 Å². The third-order valence-corrected chi connectivity index (χ3v) is 3.73. The maximum atomic E-state index is 12.1. The first kappa shape index (κ1) is 17.7. The SMILES string of the molecule is CCCCN(C)c1ccc(C(=O)NCc2ccc(OC)cc2)nn1. The van der Waals surface area contributed by atoms with Crippen molar-refractivity contribution in [2.24, 2.45) is 0 Å². The minimum Gasteiger partial charge on any atom is -0.497 e. The standard InChI is InChI=1S/C18H24N4O2/c1-4-5-12-22(2)17-11-10-16(20-21-17)18(23)19-13-14-6-8-15(24-3)9-7-14/h6-11H,4-5,12-13H2,1-3H3,(H,19,23). The van der Waals surface area contributed by atoms with Crippen molar-refractivity contribution in [1.29, 1.82) is 0 Å². The van der Waals surface area contributed by atoms with Gasteiger partial charge in [-0.05, 0) is 36.2 Å². The van der Waals surface area contributed by atoms with Gasteiger partial charge in [-0.1, -0.05) is 25.5 Å². The minimum absolute atomic E-state index is 0.235. The fraction of sp³-hybridized carbons (Fsp3) is 0.389. The van der Waals surface area contributed by atoms with Crippen molar-refractivity contribution in [2.75, 3.05) is 25.6 Å². The van der Waals surface area contributed by atoms with Gasteiger partial charge in [0.05, 0.1) is 7.11 Å². The van der Waals surface area contributed by atoms with Crippen LogP contribution in [0.2, 0.25) is 0 Å². The number of benzene rings is 1. The predicted molar refractivity (Wildman–Crippen MR) is 94.4 cm³/mol. The topological polar surface area (TPSA) is 67.4 Å². The highest BCUT2D eigenvalue weighted by molar-refractivity contribution is 5.92. The van der Waals surface area contributed by atoms with Gasteiger partial charge in [0.2, 0.25) is 0 Å². The normalized spacial score (nSPS) is 10.3. The molecule has 24 heavy (non-hydrogen) atoms. The van der Waals surface area contributed by atoms with Crippen molar-refractivity contribution < 1.29 is 9.53 Å². The molecular formula is C18H24N4O2. The lowest BCUT2D eigenvalue weighted by molar-refractivity contribution is 0.0945. The second-order valence-corrected chi connectivity index (χ2v) is 5.58. The van der Waals surface area contributed by atoms with E-state index in [0.29, 0.717) is 12.2 Å². The number of carbonyl (C=O) groups is 1. The van der Waals surface area contributed by atoms with E-state index >= 15 is 0 Å². The lowest BCUT2D eigenvalue weighted by atomic mass is 10.2. The molecule has 1 N–H and O–H groups in total. The van der Waals surface area contributed by atoms with Crippen molar-refractivity contribution in [1.82, 2.24) is 15.5 Å². The summed E-state index contributed by atoms with van der Waals surface area (Å²) in [5, 5.41) is 11.0. The molecule has 0 unspecified atom stereocenters. The molecule has 1 amide bonds. The molecule has 0 aliphatic heterocycles. The summed E-state index contributed by atoms with van der Waals surface area (Å²) < 4.78 is 5.11. The lowest BCUT2D eigenvalue weighted by Crippen LogP contribution is -2.25. The lowest BCUT2D eigenvalue weighted by Gasteiger charge is -2.16. The molecule has 6 nitrogen and oxygen atoms in total. The summed E-state index contributed by atoms with van der Waals surface area (Å²) in [6, 6.07) is 11.1. The van der Waals surface area contributed by atoms with Gasteiger partial charge in [-0.25, -0.2) is 0 Å². The fourth-order valence-electron chi connectivity index (χ4n) is 2.18. The molecule has 0 aliphatic carbocycles. The quantitative estimate of drug-likeness (QED) is 0.807. The Kier molecular flexibility index (Phi) is 6.54. The van der Waals surface area contributed by atoms with Gasteiger partial charge in [-0.3, -0.25) is 4.79 Å². The van der Waals surface area contributed by atoms with Crippen LogP contribution < -0.4 is 15.0 Å². The van der Waals surface area contributed by atoms with Crippen LogP contribution >= 0.6 is 0 Å². The molecule has 1 heterocycles. The predicted octanol–water partition coefficient (Wildman–Crippen LogP) is 2.65. The van der Waals surface area contributed by atoms with Gasteiger partial charge in [0, 0.05) is 20.1 Å². The number of methoxy groups -OCH3 is 1. The zero-order valence-corrected chi connectivity index (χ0v) is 14.5. The van der Waals surface area contributed by atoms with Gasteiger partial charge >= 0.3 is 0 Å². The van der Waals surface area contributed by atoms with Crippen LogP contribution in [-0.4, -0.2) is 36.8 Å². The number of ether oxygens (including phenoxy) is 1. The van der Waals surface area contributed by atoms with Gasteiger partial charge in [0.15, 0.2) is 11.5 Å². The van der Waals surface area contributed by atoms with E-state index in [0.717, 1.165) is 36.5 Å². The maximum absolute atomic E-state index is 12.1. The summed E-state index contributed by atoms with van der Waals surface area (Å²) in [5.41, 5.74) is 1.31. The Morgan fingerprint density at radius 2 is 1.92 bits per heavy atom. The molecule has 0 saturated carbocycles. The van der Waals surface area contributed by atoms with Gasteiger partial charge in [0.25, 0.3) is 5.91 Å². The van der Waals surface area contributed by atoms with Crippen LogP contribution in [0.5, 0.6) is 5.75 Å². The van der Waals surface area contributed by atoms with Gasteiger partial charge < -0.3 is 15.0 Å². The average Bonchev–Trinajstić information content (AvgIpc) is 2.64. The Labute approximate surface area is 142 Å². The molecule has 128 valence electrons. The smallest absolute Gasteiger partial charge is 0.272 e. The summed E-state index contributed by atoms with van der Waals surface area (Å²) >= 11 is 0. The van der Waals surface area contributed by atoms with E-state index in [4.69, 9.17) is 4.74 Å².